The molecule has 2 aliphatic carbocycles. The van der Waals surface area contributed by atoms with Gasteiger partial charge in [0.2, 0.25) is 0 Å². The molecule has 2 heteroatoms. The molecule has 0 heterocycles. The third-order valence-corrected chi connectivity index (χ3v) is 5.53. The molecule has 0 aliphatic heterocycles. The van der Waals surface area contributed by atoms with Crippen LogP contribution >= 0.6 is 0 Å². The smallest absolute Gasteiger partial charge is 0.0665 e. The van der Waals surface area contributed by atoms with Crippen LogP contribution in [0.4, 0.5) is 0 Å². The molecule has 2 fully saturated rings. The number of nitrogens with one attached hydrogen (secondary N) is 1. The molecule has 2 aliphatic rings. The van der Waals surface area contributed by atoms with Gasteiger partial charge in [0.25, 0.3) is 0 Å². The van der Waals surface area contributed by atoms with Crippen molar-refractivity contribution in [3.8, 4) is 0 Å². The summed E-state index contributed by atoms with van der Waals surface area (Å²) in [5, 5.41) is 3.78. The molecular weight excluding hydrogens is 234 g/mol. The lowest BCUT2D eigenvalue weighted by atomic mass is 9.55. The van der Waals surface area contributed by atoms with Crippen LogP contribution in [0.15, 0.2) is 0 Å². The highest BCUT2D eigenvalue weighted by atomic mass is 16.5. The van der Waals surface area contributed by atoms with Gasteiger partial charge in [-0.05, 0) is 45.1 Å². The fourth-order valence-corrected chi connectivity index (χ4v) is 3.84. The molecule has 1 spiro atoms. The largest absolute Gasteiger partial charge is 0.374 e. The van der Waals surface area contributed by atoms with Crippen molar-refractivity contribution >= 4 is 0 Å². The fourth-order valence-electron chi connectivity index (χ4n) is 3.84. The zero-order valence-electron chi connectivity index (χ0n) is 13.4. The second kappa shape index (κ2) is 6.58. The number of hydrogen-bond donors (Lipinski definition) is 1. The van der Waals surface area contributed by atoms with Gasteiger partial charge in [-0.3, -0.25) is 0 Å². The molecule has 0 aromatic rings. The predicted molar refractivity (Wildman–Crippen MR) is 81.4 cm³/mol. The second-order valence-electron chi connectivity index (χ2n) is 7.11. The first-order chi connectivity index (χ1) is 9.10. The van der Waals surface area contributed by atoms with Crippen molar-refractivity contribution in [3.05, 3.63) is 0 Å². The van der Waals surface area contributed by atoms with Crippen LogP contribution in [0.25, 0.3) is 0 Å². The molecule has 2 saturated carbocycles. The summed E-state index contributed by atoms with van der Waals surface area (Å²) < 4.78 is 6.41. The summed E-state index contributed by atoms with van der Waals surface area (Å²) in [5.74, 6) is 0.628. The standard InChI is InChI=1S/C17H33NO/c1-5-11-18-15-12-16(19-14(4)13(2)3)17(15)9-7-6-8-10-17/h13-16,18H,5-12H2,1-4H3. The van der Waals surface area contributed by atoms with Gasteiger partial charge in [-0.15, -0.1) is 0 Å². The lowest BCUT2D eigenvalue weighted by Gasteiger charge is -2.58. The lowest BCUT2D eigenvalue weighted by molar-refractivity contribution is -0.180. The van der Waals surface area contributed by atoms with E-state index in [2.05, 4.69) is 33.0 Å². The number of hydrogen-bond acceptors (Lipinski definition) is 2. The maximum absolute atomic E-state index is 6.41. The minimum absolute atomic E-state index is 0.399. The minimum Gasteiger partial charge on any atom is -0.374 e. The van der Waals surface area contributed by atoms with E-state index in [1.165, 1.54) is 51.5 Å². The van der Waals surface area contributed by atoms with Gasteiger partial charge in [0.15, 0.2) is 0 Å². The Morgan fingerprint density at radius 2 is 1.84 bits per heavy atom. The van der Waals surface area contributed by atoms with Gasteiger partial charge in [-0.25, -0.2) is 0 Å². The first-order valence-corrected chi connectivity index (χ1v) is 8.49. The van der Waals surface area contributed by atoms with E-state index in [1.54, 1.807) is 0 Å². The van der Waals surface area contributed by atoms with Crippen molar-refractivity contribution in [2.75, 3.05) is 6.54 Å². The van der Waals surface area contributed by atoms with Crippen LogP contribution in [0.5, 0.6) is 0 Å². The summed E-state index contributed by atoms with van der Waals surface area (Å²) in [7, 11) is 0. The third-order valence-electron chi connectivity index (χ3n) is 5.53. The lowest BCUT2D eigenvalue weighted by Crippen LogP contribution is -2.65. The molecular formula is C17H33NO. The molecule has 112 valence electrons. The molecule has 0 aromatic carbocycles. The summed E-state index contributed by atoms with van der Waals surface area (Å²) >= 11 is 0. The van der Waals surface area contributed by atoms with Gasteiger partial charge in [0.05, 0.1) is 12.2 Å². The zero-order chi connectivity index (χ0) is 13.9. The van der Waals surface area contributed by atoms with Gasteiger partial charge in [-0.2, -0.15) is 0 Å². The van der Waals surface area contributed by atoms with Crippen molar-refractivity contribution in [1.29, 1.82) is 0 Å². The van der Waals surface area contributed by atoms with E-state index in [9.17, 15) is 0 Å². The highest BCUT2D eigenvalue weighted by Gasteiger charge is 2.55. The van der Waals surface area contributed by atoms with Gasteiger partial charge in [-0.1, -0.05) is 40.0 Å². The molecule has 2 nitrogen and oxygen atoms in total. The summed E-state index contributed by atoms with van der Waals surface area (Å²) in [6, 6.07) is 0.720. The summed E-state index contributed by atoms with van der Waals surface area (Å²) in [6.45, 7) is 10.2. The molecule has 2 rings (SSSR count). The Labute approximate surface area is 119 Å². The fraction of sp³-hybridized carbons (Fsp3) is 1.00. The topological polar surface area (TPSA) is 21.3 Å². The first-order valence-electron chi connectivity index (χ1n) is 8.49. The summed E-state index contributed by atoms with van der Waals surface area (Å²) in [5.41, 5.74) is 0.469. The van der Waals surface area contributed by atoms with E-state index in [-0.39, 0.29) is 0 Å². The third kappa shape index (κ3) is 3.16. The Morgan fingerprint density at radius 3 is 2.42 bits per heavy atom. The average Bonchev–Trinajstić information content (AvgIpc) is 2.42. The van der Waals surface area contributed by atoms with Crippen LogP contribution in [-0.4, -0.2) is 24.8 Å². The summed E-state index contributed by atoms with van der Waals surface area (Å²) in [6.07, 6.45) is 10.4. The highest BCUT2D eigenvalue weighted by Crippen LogP contribution is 2.53. The van der Waals surface area contributed by atoms with E-state index < -0.39 is 0 Å². The number of rotatable bonds is 6. The molecule has 0 saturated heterocycles. The molecule has 0 amide bonds. The average molecular weight is 267 g/mol. The maximum atomic E-state index is 6.41. The van der Waals surface area contributed by atoms with Gasteiger partial charge in [0, 0.05) is 11.5 Å². The van der Waals surface area contributed by atoms with Crippen molar-refractivity contribution in [2.45, 2.75) is 90.9 Å². The first kappa shape index (κ1) is 15.3. The van der Waals surface area contributed by atoms with Crippen molar-refractivity contribution in [2.24, 2.45) is 11.3 Å². The monoisotopic (exact) mass is 267 g/mol. The van der Waals surface area contributed by atoms with E-state index in [1.807, 2.05) is 0 Å². The molecule has 0 aromatic heterocycles. The maximum Gasteiger partial charge on any atom is 0.0665 e. The highest BCUT2D eigenvalue weighted by molar-refractivity contribution is 5.09. The molecule has 0 bridgehead atoms. The van der Waals surface area contributed by atoms with E-state index in [0.29, 0.717) is 23.5 Å². The number of ether oxygens (including phenoxy) is 1. The van der Waals surface area contributed by atoms with Crippen molar-refractivity contribution in [1.82, 2.24) is 5.32 Å². The zero-order valence-corrected chi connectivity index (χ0v) is 13.4. The van der Waals surface area contributed by atoms with E-state index in [4.69, 9.17) is 4.74 Å². The Balaban J connectivity index is 1.96. The van der Waals surface area contributed by atoms with E-state index >= 15 is 0 Å². The van der Waals surface area contributed by atoms with Gasteiger partial charge >= 0.3 is 0 Å². The Bertz CT molecular complexity index is 270. The van der Waals surface area contributed by atoms with Crippen LogP contribution in [-0.2, 0) is 4.74 Å². The quantitative estimate of drug-likeness (QED) is 0.781. The van der Waals surface area contributed by atoms with Crippen LogP contribution in [0.3, 0.4) is 0 Å². The molecule has 19 heavy (non-hydrogen) atoms. The molecule has 3 atom stereocenters. The van der Waals surface area contributed by atoms with Gasteiger partial charge < -0.3 is 10.1 Å². The van der Waals surface area contributed by atoms with Crippen LogP contribution in [0, 0.1) is 11.3 Å². The molecule has 0 radical (unpaired) electrons. The molecule has 1 N–H and O–H groups in total. The van der Waals surface area contributed by atoms with E-state index in [0.717, 1.165) is 6.04 Å². The van der Waals surface area contributed by atoms with Crippen LogP contribution < -0.4 is 5.32 Å². The minimum atomic E-state index is 0.399. The van der Waals surface area contributed by atoms with Gasteiger partial charge in [0.1, 0.15) is 0 Å². The van der Waals surface area contributed by atoms with Crippen LogP contribution in [0.2, 0.25) is 0 Å². The SMILES string of the molecule is CCCNC1CC(OC(C)C(C)C)C12CCCCC2. The Kier molecular flexibility index (Phi) is 5.30. The Morgan fingerprint density at radius 1 is 1.16 bits per heavy atom. The van der Waals surface area contributed by atoms with Crippen LogP contribution in [0.1, 0.15) is 72.6 Å². The second-order valence-corrected chi connectivity index (χ2v) is 7.11. The normalized spacial score (nSPS) is 31.4. The molecule has 3 unspecified atom stereocenters. The van der Waals surface area contributed by atoms with Crippen molar-refractivity contribution < 1.29 is 4.74 Å². The Hall–Kier alpha value is -0.0800. The summed E-state index contributed by atoms with van der Waals surface area (Å²) in [4.78, 5) is 0. The van der Waals surface area contributed by atoms with Crippen molar-refractivity contribution in [3.63, 3.8) is 0 Å². The predicted octanol–water partition coefficient (Wildman–Crippen LogP) is 4.14.